The minimum atomic E-state index is 0.889. The third-order valence-electron chi connectivity index (χ3n) is 1.32. The van der Waals surface area contributed by atoms with Gasteiger partial charge < -0.3 is 5.32 Å². The van der Waals surface area contributed by atoms with E-state index >= 15 is 0 Å². The molecule has 0 unspecified atom stereocenters. The first kappa shape index (κ1) is 7.54. The van der Waals surface area contributed by atoms with Gasteiger partial charge in [-0.2, -0.15) is 0 Å². The molecule has 0 saturated carbocycles. The van der Waals surface area contributed by atoms with E-state index in [-0.39, 0.29) is 0 Å². The summed E-state index contributed by atoms with van der Waals surface area (Å²) >= 11 is 3.42. The summed E-state index contributed by atoms with van der Waals surface area (Å²) in [5, 5.41) is 2.98. The lowest BCUT2D eigenvalue weighted by atomic mass is 10.3. The topological polar surface area (TPSA) is 24.9 Å². The van der Waals surface area contributed by atoms with Crippen LogP contribution >= 0.6 is 15.9 Å². The Labute approximate surface area is 68.8 Å². The lowest BCUT2D eigenvalue weighted by Crippen LogP contribution is -1.93. The molecule has 0 amide bonds. The number of nitrogens with zero attached hydrogens (tertiary/aromatic N) is 1. The highest BCUT2D eigenvalue weighted by Gasteiger charge is 1.99. The quantitative estimate of drug-likeness (QED) is 0.753. The Hall–Kier alpha value is -0.570. The van der Waals surface area contributed by atoms with Crippen molar-refractivity contribution in [1.82, 2.24) is 4.98 Å². The Kier molecular flexibility index (Phi) is 2.27. The van der Waals surface area contributed by atoms with Crippen molar-refractivity contribution >= 4 is 21.7 Å². The standard InChI is InChI=1S/C7H9BrN2/c1-5-3-4-10-7(9-2)6(5)8/h3-4H,1-2H3,(H,9,10). The summed E-state index contributed by atoms with van der Waals surface area (Å²) in [5.41, 5.74) is 1.19. The van der Waals surface area contributed by atoms with E-state index in [2.05, 4.69) is 26.2 Å². The van der Waals surface area contributed by atoms with Crippen molar-refractivity contribution in [1.29, 1.82) is 0 Å². The first-order valence-electron chi connectivity index (χ1n) is 3.04. The maximum absolute atomic E-state index is 4.10. The minimum Gasteiger partial charge on any atom is -0.372 e. The highest BCUT2D eigenvalue weighted by molar-refractivity contribution is 9.10. The summed E-state index contributed by atoms with van der Waals surface area (Å²) in [6.07, 6.45) is 1.78. The minimum absolute atomic E-state index is 0.889. The van der Waals surface area contributed by atoms with Crippen LogP contribution in [0.5, 0.6) is 0 Å². The Balaban J connectivity index is 3.14. The van der Waals surface area contributed by atoms with Crippen LogP contribution in [0.3, 0.4) is 0 Å². The Morgan fingerprint density at radius 2 is 2.30 bits per heavy atom. The molecule has 0 fully saturated rings. The zero-order chi connectivity index (χ0) is 7.56. The van der Waals surface area contributed by atoms with Gasteiger partial charge in [-0.05, 0) is 34.5 Å². The molecular formula is C7H9BrN2. The van der Waals surface area contributed by atoms with Crippen LogP contribution in [-0.4, -0.2) is 12.0 Å². The lowest BCUT2D eigenvalue weighted by Gasteiger charge is -2.02. The average molecular weight is 201 g/mol. The zero-order valence-corrected chi connectivity index (χ0v) is 7.57. The molecule has 0 aliphatic heterocycles. The van der Waals surface area contributed by atoms with Gasteiger partial charge in [-0.15, -0.1) is 0 Å². The molecular weight excluding hydrogens is 192 g/mol. The molecule has 1 heterocycles. The summed E-state index contributed by atoms with van der Waals surface area (Å²) in [4.78, 5) is 4.10. The molecule has 2 nitrogen and oxygen atoms in total. The number of hydrogen-bond acceptors (Lipinski definition) is 2. The van der Waals surface area contributed by atoms with E-state index in [1.165, 1.54) is 5.56 Å². The summed E-state index contributed by atoms with van der Waals surface area (Å²) in [6, 6.07) is 1.96. The highest BCUT2D eigenvalue weighted by Crippen LogP contribution is 2.22. The Morgan fingerprint density at radius 1 is 1.60 bits per heavy atom. The van der Waals surface area contributed by atoms with Gasteiger partial charge in [0.2, 0.25) is 0 Å². The monoisotopic (exact) mass is 200 g/mol. The molecule has 1 aromatic rings. The molecule has 1 aromatic heterocycles. The normalized spacial score (nSPS) is 9.50. The van der Waals surface area contributed by atoms with Gasteiger partial charge in [0.05, 0.1) is 4.47 Å². The van der Waals surface area contributed by atoms with Crippen LogP contribution in [0, 0.1) is 6.92 Å². The fourth-order valence-electron chi connectivity index (χ4n) is 0.714. The van der Waals surface area contributed by atoms with Gasteiger partial charge >= 0.3 is 0 Å². The molecule has 0 aromatic carbocycles. The first-order chi connectivity index (χ1) is 4.75. The van der Waals surface area contributed by atoms with Gasteiger partial charge in [-0.25, -0.2) is 4.98 Å². The largest absolute Gasteiger partial charge is 0.372 e. The number of halogens is 1. The zero-order valence-electron chi connectivity index (χ0n) is 5.98. The van der Waals surface area contributed by atoms with E-state index in [4.69, 9.17) is 0 Å². The molecule has 54 valence electrons. The van der Waals surface area contributed by atoms with E-state index < -0.39 is 0 Å². The third kappa shape index (κ3) is 1.29. The van der Waals surface area contributed by atoms with Crippen molar-refractivity contribution in [2.75, 3.05) is 12.4 Å². The number of pyridine rings is 1. The van der Waals surface area contributed by atoms with Crippen molar-refractivity contribution in [3.05, 3.63) is 22.3 Å². The van der Waals surface area contributed by atoms with Crippen LogP contribution in [0.25, 0.3) is 0 Å². The van der Waals surface area contributed by atoms with Crippen LogP contribution in [-0.2, 0) is 0 Å². The lowest BCUT2D eigenvalue weighted by molar-refractivity contribution is 1.23. The average Bonchev–Trinajstić information content (AvgIpc) is 1.95. The van der Waals surface area contributed by atoms with E-state index in [0.717, 1.165) is 10.3 Å². The second-order valence-electron chi connectivity index (χ2n) is 2.04. The number of aryl methyl sites for hydroxylation is 1. The smallest absolute Gasteiger partial charge is 0.140 e. The molecule has 0 radical (unpaired) electrons. The SMILES string of the molecule is CNc1nccc(C)c1Br. The second-order valence-corrected chi connectivity index (χ2v) is 2.83. The molecule has 10 heavy (non-hydrogen) atoms. The predicted molar refractivity (Wildman–Crippen MR) is 46.2 cm³/mol. The molecule has 1 N–H and O–H groups in total. The van der Waals surface area contributed by atoms with E-state index in [0.29, 0.717) is 0 Å². The summed E-state index contributed by atoms with van der Waals surface area (Å²) < 4.78 is 1.04. The van der Waals surface area contributed by atoms with Crippen LogP contribution in [0.1, 0.15) is 5.56 Å². The van der Waals surface area contributed by atoms with E-state index in [1.54, 1.807) is 6.20 Å². The van der Waals surface area contributed by atoms with Crippen LogP contribution < -0.4 is 5.32 Å². The van der Waals surface area contributed by atoms with Crippen molar-refractivity contribution in [3.63, 3.8) is 0 Å². The summed E-state index contributed by atoms with van der Waals surface area (Å²) in [6.45, 7) is 2.03. The molecule has 3 heteroatoms. The maximum Gasteiger partial charge on any atom is 0.140 e. The second kappa shape index (κ2) is 3.01. The number of hydrogen-bond donors (Lipinski definition) is 1. The van der Waals surface area contributed by atoms with Crippen LogP contribution in [0.2, 0.25) is 0 Å². The van der Waals surface area contributed by atoms with Gasteiger partial charge in [0.15, 0.2) is 0 Å². The first-order valence-corrected chi connectivity index (χ1v) is 3.84. The summed E-state index contributed by atoms with van der Waals surface area (Å²) in [5.74, 6) is 0.889. The van der Waals surface area contributed by atoms with Gasteiger partial charge in [-0.1, -0.05) is 0 Å². The molecule has 0 spiro atoms. The highest BCUT2D eigenvalue weighted by atomic mass is 79.9. The van der Waals surface area contributed by atoms with Gasteiger partial charge in [0.1, 0.15) is 5.82 Å². The third-order valence-corrected chi connectivity index (χ3v) is 2.32. The van der Waals surface area contributed by atoms with Crippen molar-refractivity contribution in [2.24, 2.45) is 0 Å². The van der Waals surface area contributed by atoms with E-state index in [1.807, 2.05) is 20.0 Å². The molecule has 0 saturated heterocycles. The fraction of sp³-hybridized carbons (Fsp3) is 0.286. The van der Waals surface area contributed by atoms with Gasteiger partial charge in [0.25, 0.3) is 0 Å². The summed E-state index contributed by atoms with van der Waals surface area (Å²) in [7, 11) is 1.85. The van der Waals surface area contributed by atoms with Crippen LogP contribution in [0.4, 0.5) is 5.82 Å². The van der Waals surface area contributed by atoms with E-state index in [9.17, 15) is 0 Å². The Bertz CT molecular complexity index is 235. The molecule has 0 aliphatic rings. The maximum atomic E-state index is 4.10. The molecule has 0 bridgehead atoms. The van der Waals surface area contributed by atoms with Gasteiger partial charge in [0, 0.05) is 13.2 Å². The van der Waals surface area contributed by atoms with Crippen molar-refractivity contribution in [2.45, 2.75) is 6.92 Å². The predicted octanol–water partition coefficient (Wildman–Crippen LogP) is 2.19. The van der Waals surface area contributed by atoms with Crippen molar-refractivity contribution in [3.8, 4) is 0 Å². The van der Waals surface area contributed by atoms with Crippen molar-refractivity contribution < 1.29 is 0 Å². The molecule has 1 rings (SSSR count). The number of nitrogens with one attached hydrogen (secondary N) is 1. The molecule has 0 atom stereocenters. The van der Waals surface area contributed by atoms with Crippen LogP contribution in [0.15, 0.2) is 16.7 Å². The van der Waals surface area contributed by atoms with Gasteiger partial charge in [-0.3, -0.25) is 0 Å². The number of anilines is 1. The molecule has 0 aliphatic carbocycles. The fourth-order valence-corrected chi connectivity index (χ4v) is 1.15. The number of rotatable bonds is 1. The number of aromatic nitrogens is 1. The Morgan fingerprint density at radius 3 is 2.80 bits per heavy atom.